The Labute approximate surface area is 68.2 Å². The minimum atomic E-state index is 1.08. The molecule has 0 atom stereocenters. The average molecular weight is 234 g/mol. The molecule has 2 nitrogen and oxygen atoms in total. The summed E-state index contributed by atoms with van der Waals surface area (Å²) in [5.74, 6) is 0. The molecule has 9 heavy (non-hydrogen) atoms. The molecule has 1 heterocycles. The normalized spacial score (nSPS) is 19.9. The van der Waals surface area contributed by atoms with Gasteiger partial charge in [0.05, 0.1) is 28.6 Å². The maximum absolute atomic E-state index is 3.05. The molecular weight excluding hydrogens is 227 g/mol. The Morgan fingerprint density at radius 2 is 2.44 bits per heavy atom. The fourth-order valence-corrected chi connectivity index (χ4v) is 0.891. The van der Waals surface area contributed by atoms with Crippen LogP contribution in [0.15, 0.2) is 36.3 Å². The molecule has 0 aromatic heterocycles. The summed E-state index contributed by atoms with van der Waals surface area (Å²) in [6.07, 6.45) is 9.70. The Balaban J connectivity index is 2.55. The van der Waals surface area contributed by atoms with Crippen LogP contribution in [0.4, 0.5) is 0 Å². The van der Waals surface area contributed by atoms with Gasteiger partial charge in [-0.25, -0.2) is 0 Å². The Hall–Kier alpha value is -0.450. The number of halogens is 1. The first-order chi connectivity index (χ1) is 4.43. The fraction of sp³-hybridized carbons (Fsp3) is 0. The van der Waals surface area contributed by atoms with E-state index in [0.29, 0.717) is 0 Å². The molecule has 0 saturated carbocycles. The van der Waals surface area contributed by atoms with Crippen molar-refractivity contribution in [1.29, 1.82) is 0 Å². The molecule has 0 bridgehead atoms. The highest BCUT2D eigenvalue weighted by atomic mass is 127. The molecule has 1 aliphatic heterocycles. The van der Waals surface area contributed by atoms with Gasteiger partial charge in [0, 0.05) is 12.4 Å². The largest absolute Gasteiger partial charge is 0.360 e. The molecule has 48 valence electrons. The maximum atomic E-state index is 3.05. The van der Waals surface area contributed by atoms with Crippen molar-refractivity contribution in [1.82, 2.24) is 8.85 Å². The number of hydrogen-bond donors (Lipinski definition) is 2. The van der Waals surface area contributed by atoms with Gasteiger partial charge in [0.1, 0.15) is 0 Å². The lowest BCUT2D eigenvalue weighted by Gasteiger charge is -2.02. The van der Waals surface area contributed by atoms with Crippen molar-refractivity contribution >= 4 is 22.9 Å². The molecule has 0 spiro atoms. The molecule has 0 radical (unpaired) electrons. The molecule has 0 aliphatic carbocycles. The number of dihydropyridines is 1. The number of nitrogens with one attached hydrogen (secondary N) is 2. The van der Waals surface area contributed by atoms with Gasteiger partial charge < -0.3 is 8.85 Å². The zero-order chi connectivity index (χ0) is 6.53. The SMILES string of the molecule is IN/C=C1/C=CC=CN1. The van der Waals surface area contributed by atoms with Crippen LogP contribution in [-0.2, 0) is 0 Å². The molecule has 0 aromatic rings. The van der Waals surface area contributed by atoms with E-state index in [1.54, 1.807) is 0 Å². The highest BCUT2D eigenvalue weighted by Crippen LogP contribution is 1.96. The zero-order valence-corrected chi connectivity index (χ0v) is 6.92. The zero-order valence-electron chi connectivity index (χ0n) is 4.76. The number of allylic oxidation sites excluding steroid dienone is 3. The number of rotatable bonds is 1. The van der Waals surface area contributed by atoms with Gasteiger partial charge in [-0.2, -0.15) is 0 Å². The smallest absolute Gasteiger partial charge is 0.0556 e. The second-order valence-electron chi connectivity index (χ2n) is 1.57. The summed E-state index contributed by atoms with van der Waals surface area (Å²) in [6, 6.07) is 0. The van der Waals surface area contributed by atoms with E-state index in [0.717, 1.165) is 5.70 Å². The summed E-state index contributed by atoms with van der Waals surface area (Å²) in [5, 5.41) is 3.05. The summed E-state index contributed by atoms with van der Waals surface area (Å²) < 4.78 is 2.90. The van der Waals surface area contributed by atoms with Crippen molar-refractivity contribution in [3.63, 3.8) is 0 Å². The Kier molecular flexibility index (Phi) is 2.63. The quantitative estimate of drug-likeness (QED) is 0.529. The van der Waals surface area contributed by atoms with Gasteiger partial charge in [-0.1, -0.05) is 6.08 Å². The van der Waals surface area contributed by atoms with Crippen molar-refractivity contribution in [2.24, 2.45) is 0 Å². The first kappa shape index (κ1) is 6.67. The van der Waals surface area contributed by atoms with Crippen molar-refractivity contribution in [2.75, 3.05) is 0 Å². The van der Waals surface area contributed by atoms with Crippen molar-refractivity contribution in [3.05, 3.63) is 36.3 Å². The second kappa shape index (κ2) is 3.55. The maximum Gasteiger partial charge on any atom is 0.0556 e. The summed E-state index contributed by atoms with van der Waals surface area (Å²) >= 11 is 2.07. The van der Waals surface area contributed by atoms with Crippen molar-refractivity contribution < 1.29 is 0 Å². The first-order valence-corrected chi connectivity index (χ1v) is 3.67. The van der Waals surface area contributed by atoms with E-state index in [2.05, 4.69) is 31.7 Å². The average Bonchev–Trinajstić information content (AvgIpc) is 1.91. The molecule has 2 N–H and O–H groups in total. The minimum absolute atomic E-state index is 1.08. The van der Waals surface area contributed by atoms with E-state index in [4.69, 9.17) is 0 Å². The van der Waals surface area contributed by atoms with Crippen LogP contribution in [-0.4, -0.2) is 0 Å². The van der Waals surface area contributed by atoms with E-state index >= 15 is 0 Å². The Morgan fingerprint density at radius 1 is 1.56 bits per heavy atom. The summed E-state index contributed by atoms with van der Waals surface area (Å²) in [6.45, 7) is 0. The van der Waals surface area contributed by atoms with E-state index in [1.165, 1.54) is 0 Å². The Morgan fingerprint density at radius 3 is 3.00 bits per heavy atom. The van der Waals surface area contributed by atoms with E-state index in [1.807, 2.05) is 30.6 Å². The highest BCUT2D eigenvalue weighted by Gasteiger charge is 1.87. The predicted octanol–water partition coefficient (Wildman–Crippen LogP) is 1.44. The minimum Gasteiger partial charge on any atom is -0.360 e. The summed E-state index contributed by atoms with van der Waals surface area (Å²) in [7, 11) is 0. The summed E-state index contributed by atoms with van der Waals surface area (Å²) in [5.41, 5.74) is 1.08. The lowest BCUT2D eigenvalue weighted by atomic mass is 10.3. The van der Waals surface area contributed by atoms with Gasteiger partial charge in [0.25, 0.3) is 0 Å². The second-order valence-corrected chi connectivity index (χ2v) is 2.19. The van der Waals surface area contributed by atoms with E-state index in [9.17, 15) is 0 Å². The molecule has 3 heteroatoms. The van der Waals surface area contributed by atoms with Gasteiger partial charge in [0.15, 0.2) is 0 Å². The van der Waals surface area contributed by atoms with Gasteiger partial charge in [0.2, 0.25) is 0 Å². The number of hydrogen-bond acceptors (Lipinski definition) is 2. The van der Waals surface area contributed by atoms with Crippen LogP contribution in [0.3, 0.4) is 0 Å². The third-order valence-electron chi connectivity index (χ3n) is 0.943. The van der Waals surface area contributed by atoms with Crippen LogP contribution >= 0.6 is 22.9 Å². The van der Waals surface area contributed by atoms with Gasteiger partial charge in [-0.3, -0.25) is 0 Å². The van der Waals surface area contributed by atoms with Gasteiger partial charge >= 0.3 is 0 Å². The molecule has 0 saturated heterocycles. The van der Waals surface area contributed by atoms with Crippen LogP contribution in [0, 0.1) is 0 Å². The molecular formula is C6H7IN2. The van der Waals surface area contributed by atoms with Crippen LogP contribution in [0.25, 0.3) is 0 Å². The van der Waals surface area contributed by atoms with Crippen LogP contribution in [0.2, 0.25) is 0 Å². The molecule has 1 rings (SSSR count). The van der Waals surface area contributed by atoms with Crippen molar-refractivity contribution in [2.45, 2.75) is 0 Å². The molecule has 1 aliphatic rings. The molecule has 0 amide bonds. The standard InChI is InChI=1S/C6H7IN2/c7-9-5-6-3-1-2-4-8-6/h1-5,8-9H/b6-5-. The predicted molar refractivity (Wildman–Crippen MR) is 46.7 cm³/mol. The fourth-order valence-electron chi connectivity index (χ4n) is 0.556. The van der Waals surface area contributed by atoms with Crippen molar-refractivity contribution in [3.8, 4) is 0 Å². The molecule has 0 unspecified atom stereocenters. The van der Waals surface area contributed by atoms with E-state index in [-0.39, 0.29) is 0 Å². The van der Waals surface area contributed by atoms with Crippen LogP contribution in [0.5, 0.6) is 0 Å². The third-order valence-corrected chi connectivity index (χ3v) is 1.25. The molecule has 0 fully saturated rings. The topological polar surface area (TPSA) is 24.1 Å². The van der Waals surface area contributed by atoms with Gasteiger partial charge in [-0.05, 0) is 12.2 Å². The summed E-state index contributed by atoms with van der Waals surface area (Å²) in [4.78, 5) is 0. The van der Waals surface area contributed by atoms with Gasteiger partial charge in [-0.15, -0.1) is 0 Å². The van der Waals surface area contributed by atoms with E-state index < -0.39 is 0 Å². The molecule has 0 aromatic carbocycles. The third kappa shape index (κ3) is 2.09. The first-order valence-electron chi connectivity index (χ1n) is 2.59. The monoisotopic (exact) mass is 234 g/mol. The highest BCUT2D eigenvalue weighted by molar-refractivity contribution is 14.1. The van der Waals surface area contributed by atoms with Crippen LogP contribution < -0.4 is 8.85 Å². The Bertz CT molecular complexity index is 170. The lowest BCUT2D eigenvalue weighted by Crippen LogP contribution is -2.06. The lowest BCUT2D eigenvalue weighted by molar-refractivity contribution is 1.08. The van der Waals surface area contributed by atoms with Crippen LogP contribution in [0.1, 0.15) is 0 Å².